The monoisotopic (exact) mass is 840 g/mol. The predicted molar refractivity (Wildman–Crippen MR) is 200 cm³/mol. The van der Waals surface area contributed by atoms with E-state index in [1.807, 2.05) is 24.3 Å². The van der Waals surface area contributed by atoms with Crippen LogP contribution in [-0.2, 0) is 17.6 Å². The minimum Gasteiger partial charge on any atom is -0.456 e. The molecule has 2 aliphatic carbocycles. The third kappa shape index (κ3) is 6.61. The SMILES string of the molecule is CC1CCc2c(ccc(Br)c2Oc2ccc(F)c(F)c2)N1[C@H](C(=O)[C@H](C1CC1)N1c2ccc(Br)c(Oc3ccc(F)c(F)c3)c2CCC1C)C1CC1. The Balaban J connectivity index is 1.16. The molecule has 4 aromatic carbocycles. The van der Waals surface area contributed by atoms with Gasteiger partial charge in [0.05, 0.1) is 21.0 Å². The van der Waals surface area contributed by atoms with Crippen LogP contribution in [0.3, 0.4) is 0 Å². The summed E-state index contributed by atoms with van der Waals surface area (Å²) in [6, 6.07) is 14.4. The van der Waals surface area contributed by atoms with Gasteiger partial charge in [0.1, 0.15) is 23.0 Å². The van der Waals surface area contributed by atoms with E-state index in [-0.39, 0.29) is 53.3 Å². The Bertz CT molecular complexity index is 1910. The first-order chi connectivity index (χ1) is 25.0. The molecule has 2 heterocycles. The Labute approximate surface area is 317 Å². The number of hydrogen-bond acceptors (Lipinski definition) is 5. The third-order valence-corrected chi connectivity index (χ3v) is 12.3. The maximum Gasteiger partial charge on any atom is 0.178 e. The Hall–Kier alpha value is -3.57. The van der Waals surface area contributed by atoms with Gasteiger partial charge in [0.25, 0.3) is 0 Å². The Kier molecular flexibility index (Phi) is 9.55. The number of ketones is 1. The summed E-state index contributed by atoms with van der Waals surface area (Å²) in [6.07, 6.45) is 6.86. The Morgan fingerprint density at radius 3 is 1.38 bits per heavy atom. The van der Waals surface area contributed by atoms with Gasteiger partial charge in [-0.15, -0.1) is 0 Å². The number of anilines is 2. The fraction of sp³-hybridized carbons (Fsp3) is 0.390. The molecule has 11 heteroatoms. The number of hydrogen-bond donors (Lipinski definition) is 0. The quantitative estimate of drug-likeness (QED) is 0.149. The van der Waals surface area contributed by atoms with E-state index in [1.165, 1.54) is 12.1 Å². The van der Waals surface area contributed by atoms with Crippen LogP contribution >= 0.6 is 31.9 Å². The summed E-state index contributed by atoms with van der Waals surface area (Å²) in [4.78, 5) is 20.0. The van der Waals surface area contributed by atoms with Crippen molar-refractivity contribution in [1.29, 1.82) is 0 Å². The van der Waals surface area contributed by atoms with Gasteiger partial charge in [0, 0.05) is 46.7 Å². The van der Waals surface area contributed by atoms with Gasteiger partial charge in [0.15, 0.2) is 29.1 Å². The number of Topliss-reactive ketones (excluding diaryl/α,β-unsaturated/α-hetero) is 1. The number of rotatable bonds is 10. The number of carbonyl (C=O) groups is 1. The summed E-state index contributed by atoms with van der Waals surface area (Å²) >= 11 is 7.27. The molecule has 0 spiro atoms. The molecular weight excluding hydrogens is 804 g/mol. The number of carbonyl (C=O) groups excluding carboxylic acids is 1. The lowest BCUT2D eigenvalue weighted by atomic mass is 9.86. The standard InChI is InChI=1S/C41H38Br2F4N2O3/c1-21-3-11-27-35(17-13-29(42)40(27)51-25-9-15-31(44)33(46)19-25)48(21)37(23-5-6-23)39(50)38(24-7-8-24)49-22(2)4-12-28-36(49)18-14-30(43)41(28)52-26-10-16-32(45)34(47)20-26/h9-10,13-24,37-38H,3-8,11-12H2,1-2H3/t21?,22?,37-,38-/m0/s1. The highest BCUT2D eigenvalue weighted by molar-refractivity contribution is 9.11. The second kappa shape index (κ2) is 14.0. The van der Waals surface area contributed by atoms with Gasteiger partial charge in [-0.1, -0.05) is 0 Å². The van der Waals surface area contributed by atoms with Crippen LogP contribution in [0.15, 0.2) is 69.6 Å². The maximum absolute atomic E-state index is 15.4. The van der Waals surface area contributed by atoms with Gasteiger partial charge in [-0.2, -0.15) is 0 Å². The predicted octanol–water partition coefficient (Wildman–Crippen LogP) is 11.5. The molecule has 2 saturated carbocycles. The zero-order valence-corrected chi connectivity index (χ0v) is 32.0. The fourth-order valence-corrected chi connectivity index (χ4v) is 9.09. The molecule has 0 amide bonds. The number of fused-ring (bicyclic) bond motifs is 2. The zero-order chi connectivity index (χ0) is 36.4. The first kappa shape index (κ1) is 35.5. The van der Waals surface area contributed by atoms with Crippen LogP contribution in [-0.4, -0.2) is 30.0 Å². The van der Waals surface area contributed by atoms with Crippen molar-refractivity contribution in [3.05, 3.63) is 104 Å². The molecule has 4 atom stereocenters. The first-order valence-electron chi connectivity index (χ1n) is 18.0. The zero-order valence-electron chi connectivity index (χ0n) is 28.8. The number of ether oxygens (including phenoxy) is 2. The molecular formula is C41H38Br2F4N2O3. The summed E-state index contributed by atoms with van der Waals surface area (Å²) < 4.78 is 69.7. The maximum atomic E-state index is 15.4. The number of halogens is 6. The van der Waals surface area contributed by atoms with E-state index in [4.69, 9.17) is 9.47 Å². The molecule has 2 unspecified atom stereocenters. The lowest BCUT2D eigenvalue weighted by Gasteiger charge is -2.47. The molecule has 8 rings (SSSR count). The smallest absolute Gasteiger partial charge is 0.178 e. The normalized spacial score (nSPS) is 20.9. The number of benzene rings is 4. The van der Waals surface area contributed by atoms with Gasteiger partial charge < -0.3 is 19.3 Å². The van der Waals surface area contributed by atoms with E-state index in [1.54, 1.807) is 0 Å². The van der Waals surface area contributed by atoms with Crippen molar-refractivity contribution in [3.8, 4) is 23.0 Å². The summed E-state index contributed by atoms with van der Waals surface area (Å²) in [6.45, 7) is 4.35. The fourth-order valence-electron chi connectivity index (χ4n) is 8.18. The molecule has 0 N–H and O–H groups in total. The van der Waals surface area contributed by atoms with Crippen LogP contribution in [0.1, 0.15) is 63.5 Å². The van der Waals surface area contributed by atoms with Gasteiger partial charge in [-0.3, -0.25) is 4.79 Å². The largest absolute Gasteiger partial charge is 0.456 e. The highest BCUT2D eigenvalue weighted by Crippen LogP contribution is 2.51. The molecule has 272 valence electrons. The summed E-state index contributed by atoms with van der Waals surface area (Å²) in [5.74, 6) is -1.76. The molecule has 0 radical (unpaired) electrons. The van der Waals surface area contributed by atoms with E-state index >= 15 is 4.79 Å². The molecule has 0 aromatic heterocycles. The van der Waals surface area contributed by atoms with Crippen molar-refractivity contribution in [2.45, 2.75) is 89.4 Å². The van der Waals surface area contributed by atoms with Crippen molar-refractivity contribution in [1.82, 2.24) is 0 Å². The second-order valence-corrected chi connectivity index (χ2v) is 16.4. The Morgan fingerprint density at radius 2 is 1.02 bits per heavy atom. The van der Waals surface area contributed by atoms with Gasteiger partial charge >= 0.3 is 0 Å². The summed E-state index contributed by atoms with van der Waals surface area (Å²) in [5.41, 5.74) is 3.72. The van der Waals surface area contributed by atoms with Crippen LogP contribution in [0, 0.1) is 35.1 Å². The van der Waals surface area contributed by atoms with Crippen molar-refractivity contribution in [3.63, 3.8) is 0 Å². The van der Waals surface area contributed by atoms with E-state index < -0.39 is 23.3 Å². The van der Waals surface area contributed by atoms with Crippen LogP contribution < -0.4 is 19.3 Å². The van der Waals surface area contributed by atoms with Gasteiger partial charge in [-0.05, 0) is 157 Å². The van der Waals surface area contributed by atoms with Crippen molar-refractivity contribution >= 4 is 49.0 Å². The van der Waals surface area contributed by atoms with Gasteiger partial charge in [-0.25, -0.2) is 17.6 Å². The van der Waals surface area contributed by atoms with E-state index in [0.29, 0.717) is 33.3 Å². The van der Waals surface area contributed by atoms with Crippen molar-refractivity contribution < 1.29 is 31.8 Å². The molecule has 52 heavy (non-hydrogen) atoms. The summed E-state index contributed by atoms with van der Waals surface area (Å²) in [7, 11) is 0. The number of nitrogens with zero attached hydrogens (tertiary/aromatic N) is 2. The molecule has 4 aromatic rings. The molecule has 2 aliphatic heterocycles. The highest BCUT2D eigenvalue weighted by Gasteiger charge is 2.52. The lowest BCUT2D eigenvalue weighted by Crippen LogP contribution is -2.59. The topological polar surface area (TPSA) is 42.0 Å². The van der Waals surface area contributed by atoms with E-state index in [9.17, 15) is 17.6 Å². The van der Waals surface area contributed by atoms with Crippen LogP contribution in [0.25, 0.3) is 0 Å². The molecule has 0 bridgehead atoms. The van der Waals surface area contributed by atoms with E-state index in [0.717, 1.165) is 85.3 Å². The molecule has 5 nitrogen and oxygen atoms in total. The van der Waals surface area contributed by atoms with Crippen LogP contribution in [0.4, 0.5) is 28.9 Å². The molecule has 4 aliphatic rings. The van der Waals surface area contributed by atoms with Crippen LogP contribution in [0.5, 0.6) is 23.0 Å². The van der Waals surface area contributed by atoms with E-state index in [2.05, 4.69) is 55.5 Å². The third-order valence-electron chi connectivity index (χ3n) is 11.0. The minimum atomic E-state index is -0.983. The van der Waals surface area contributed by atoms with Gasteiger partial charge in [0.2, 0.25) is 0 Å². The van der Waals surface area contributed by atoms with Crippen LogP contribution in [0.2, 0.25) is 0 Å². The van der Waals surface area contributed by atoms with Crippen molar-refractivity contribution in [2.24, 2.45) is 11.8 Å². The average molecular weight is 843 g/mol. The Morgan fingerprint density at radius 1 is 0.615 bits per heavy atom. The highest BCUT2D eigenvalue weighted by atomic mass is 79.9. The second-order valence-electron chi connectivity index (χ2n) is 14.7. The minimum absolute atomic E-state index is 0.0809. The molecule has 2 fully saturated rings. The lowest BCUT2D eigenvalue weighted by molar-refractivity contribution is -0.123. The summed E-state index contributed by atoms with van der Waals surface area (Å²) in [5, 5.41) is 0. The first-order valence-corrected chi connectivity index (χ1v) is 19.6. The molecule has 0 saturated heterocycles. The average Bonchev–Trinajstić information content (AvgIpc) is 4.05. The van der Waals surface area contributed by atoms with Crippen molar-refractivity contribution in [2.75, 3.05) is 9.80 Å².